The highest BCUT2D eigenvalue weighted by Gasteiger charge is 2.23. The van der Waals surface area contributed by atoms with E-state index in [0.717, 1.165) is 0 Å². The first-order chi connectivity index (χ1) is 4.86. The molecular weight excluding hydrogens is 128 g/mol. The van der Waals surface area contributed by atoms with Gasteiger partial charge in [-0.1, -0.05) is 31.2 Å². The number of hydrogen-bond donors (Lipinski definition) is 0. The van der Waals surface area contributed by atoms with Crippen LogP contribution in [0.2, 0.25) is 0 Å². The van der Waals surface area contributed by atoms with Gasteiger partial charge in [-0.3, -0.25) is 0 Å². The summed E-state index contributed by atoms with van der Waals surface area (Å²) in [6, 6.07) is 0. The van der Waals surface area contributed by atoms with Gasteiger partial charge in [0.05, 0.1) is 0 Å². The van der Waals surface area contributed by atoms with Gasteiger partial charge in [-0.2, -0.15) is 0 Å². The Hall–Kier alpha value is -0.600. The largest absolute Gasteiger partial charge is 0.228 e. The molecule has 2 heteroatoms. The number of fused-ring (bicyclic) bond motifs is 2. The Kier molecular flexibility index (Phi) is 1.36. The van der Waals surface area contributed by atoms with E-state index >= 15 is 0 Å². The van der Waals surface area contributed by atoms with E-state index in [9.17, 15) is 0 Å². The molecule has 0 fully saturated rings. The molecule has 3 atom stereocenters. The molecule has 0 spiro atoms. The fourth-order valence-electron chi connectivity index (χ4n) is 1.16. The van der Waals surface area contributed by atoms with Gasteiger partial charge in [0.2, 0.25) is 0 Å². The Morgan fingerprint density at radius 3 is 2.50 bits per heavy atom. The van der Waals surface area contributed by atoms with Gasteiger partial charge in [0, 0.05) is 5.92 Å². The molecule has 3 aliphatic rings. The first-order valence-corrected chi connectivity index (χ1v) is 3.55. The van der Waals surface area contributed by atoms with Crippen LogP contribution in [-0.2, 0) is 9.78 Å². The molecule has 2 bridgehead atoms. The highest BCUT2D eigenvalue weighted by molar-refractivity contribution is 5.13. The van der Waals surface area contributed by atoms with Crippen molar-refractivity contribution in [3.8, 4) is 0 Å². The molecule has 0 radical (unpaired) electrons. The average molecular weight is 138 g/mol. The Morgan fingerprint density at radius 1 is 1.00 bits per heavy atom. The van der Waals surface area contributed by atoms with E-state index in [1.807, 2.05) is 12.2 Å². The zero-order valence-electron chi connectivity index (χ0n) is 5.86. The van der Waals surface area contributed by atoms with Crippen molar-refractivity contribution in [3.05, 3.63) is 24.3 Å². The van der Waals surface area contributed by atoms with E-state index in [1.54, 1.807) is 0 Å². The fraction of sp³-hybridized carbons (Fsp3) is 0.500. The number of hydrogen-bond acceptors (Lipinski definition) is 2. The van der Waals surface area contributed by atoms with E-state index in [1.165, 1.54) is 0 Å². The minimum absolute atomic E-state index is 0.0428. The van der Waals surface area contributed by atoms with Crippen molar-refractivity contribution >= 4 is 0 Å². The van der Waals surface area contributed by atoms with Crippen molar-refractivity contribution in [2.24, 2.45) is 5.92 Å². The van der Waals surface area contributed by atoms with Crippen molar-refractivity contribution < 1.29 is 9.78 Å². The maximum Gasteiger partial charge on any atom is 0.129 e. The quantitative estimate of drug-likeness (QED) is 0.372. The molecular formula is C8H10O2. The second-order valence-electron chi connectivity index (χ2n) is 2.75. The smallest absolute Gasteiger partial charge is 0.129 e. The van der Waals surface area contributed by atoms with E-state index in [0.29, 0.717) is 5.92 Å². The molecule has 0 aromatic rings. The Bertz CT molecular complexity index is 184. The van der Waals surface area contributed by atoms with Crippen molar-refractivity contribution in [2.45, 2.75) is 19.1 Å². The van der Waals surface area contributed by atoms with Crippen LogP contribution in [0.3, 0.4) is 0 Å². The third kappa shape index (κ3) is 0.895. The van der Waals surface area contributed by atoms with Crippen LogP contribution < -0.4 is 0 Å². The third-order valence-corrected chi connectivity index (χ3v) is 1.89. The maximum atomic E-state index is 5.06. The van der Waals surface area contributed by atoms with Gasteiger partial charge in [-0.05, 0) is 0 Å². The summed E-state index contributed by atoms with van der Waals surface area (Å²) in [6.07, 6.45) is 8.39. The van der Waals surface area contributed by atoms with Crippen LogP contribution >= 0.6 is 0 Å². The molecule has 0 N–H and O–H groups in total. The van der Waals surface area contributed by atoms with Crippen LogP contribution in [0.15, 0.2) is 24.3 Å². The van der Waals surface area contributed by atoms with Gasteiger partial charge < -0.3 is 0 Å². The summed E-state index contributed by atoms with van der Waals surface area (Å²) in [6.45, 7) is 2.11. The van der Waals surface area contributed by atoms with Crippen molar-refractivity contribution in [1.29, 1.82) is 0 Å². The van der Waals surface area contributed by atoms with Crippen LogP contribution in [0.5, 0.6) is 0 Å². The van der Waals surface area contributed by atoms with Crippen LogP contribution in [0, 0.1) is 5.92 Å². The van der Waals surface area contributed by atoms with Crippen molar-refractivity contribution in [1.82, 2.24) is 0 Å². The minimum atomic E-state index is 0.0428. The van der Waals surface area contributed by atoms with Crippen LogP contribution in [-0.4, -0.2) is 12.2 Å². The standard InChI is InChI=1S/C8H10O2/c1-6-2-3-7-4-5-8(6)10-9-7/h2-8H,1H3. The maximum absolute atomic E-state index is 5.06. The molecule has 1 aliphatic carbocycles. The predicted molar refractivity (Wildman–Crippen MR) is 37.2 cm³/mol. The highest BCUT2D eigenvalue weighted by Crippen LogP contribution is 2.22. The van der Waals surface area contributed by atoms with Gasteiger partial charge in [-0.15, -0.1) is 0 Å². The van der Waals surface area contributed by atoms with E-state index in [4.69, 9.17) is 9.78 Å². The SMILES string of the molecule is CC1C=CC2C=CC1OO2. The summed E-state index contributed by atoms with van der Waals surface area (Å²) in [4.78, 5) is 10.1. The van der Waals surface area contributed by atoms with Gasteiger partial charge in [-0.25, -0.2) is 9.78 Å². The second-order valence-corrected chi connectivity index (χ2v) is 2.75. The van der Waals surface area contributed by atoms with Gasteiger partial charge in [0.15, 0.2) is 0 Å². The normalized spacial score (nSPS) is 43.9. The molecule has 3 rings (SSSR count). The molecule has 2 nitrogen and oxygen atoms in total. The highest BCUT2D eigenvalue weighted by atomic mass is 17.2. The second kappa shape index (κ2) is 2.22. The topological polar surface area (TPSA) is 18.5 Å². The number of rotatable bonds is 0. The summed E-state index contributed by atoms with van der Waals surface area (Å²) in [7, 11) is 0. The third-order valence-electron chi connectivity index (χ3n) is 1.89. The van der Waals surface area contributed by atoms with Crippen molar-refractivity contribution in [3.63, 3.8) is 0 Å². The molecule has 0 aromatic carbocycles. The molecule has 2 heterocycles. The zero-order chi connectivity index (χ0) is 6.97. The molecule has 0 saturated heterocycles. The first kappa shape index (κ1) is 6.13. The molecule has 0 aromatic heterocycles. The molecule has 2 aliphatic heterocycles. The fourth-order valence-corrected chi connectivity index (χ4v) is 1.16. The lowest BCUT2D eigenvalue weighted by Crippen LogP contribution is -2.22. The Labute approximate surface area is 60.1 Å². The Morgan fingerprint density at radius 2 is 1.80 bits per heavy atom. The molecule has 0 amide bonds. The first-order valence-electron chi connectivity index (χ1n) is 3.55. The summed E-state index contributed by atoms with van der Waals surface area (Å²) in [5, 5.41) is 0. The summed E-state index contributed by atoms with van der Waals surface area (Å²) < 4.78 is 0. The van der Waals surface area contributed by atoms with Crippen molar-refractivity contribution in [2.75, 3.05) is 0 Å². The van der Waals surface area contributed by atoms with E-state index in [-0.39, 0.29) is 12.2 Å². The molecule has 0 saturated carbocycles. The lowest BCUT2D eigenvalue weighted by Gasteiger charge is -2.19. The molecule has 54 valence electrons. The van der Waals surface area contributed by atoms with Gasteiger partial charge in [0.25, 0.3) is 0 Å². The summed E-state index contributed by atoms with van der Waals surface area (Å²) in [5.41, 5.74) is 0. The average Bonchev–Trinajstić information content (AvgIpc) is 2.24. The lowest BCUT2D eigenvalue weighted by atomic mass is 10.1. The predicted octanol–water partition coefficient (Wildman–Crippen LogP) is 1.45. The van der Waals surface area contributed by atoms with E-state index < -0.39 is 0 Å². The summed E-state index contributed by atoms with van der Waals surface area (Å²) >= 11 is 0. The van der Waals surface area contributed by atoms with Crippen LogP contribution in [0.25, 0.3) is 0 Å². The molecule has 3 unspecified atom stereocenters. The van der Waals surface area contributed by atoms with Gasteiger partial charge >= 0.3 is 0 Å². The Balaban J connectivity index is 2.28. The van der Waals surface area contributed by atoms with Crippen LogP contribution in [0.1, 0.15) is 6.92 Å². The molecule has 10 heavy (non-hydrogen) atoms. The lowest BCUT2D eigenvalue weighted by molar-refractivity contribution is -0.332. The van der Waals surface area contributed by atoms with Crippen LogP contribution in [0.4, 0.5) is 0 Å². The summed E-state index contributed by atoms with van der Waals surface area (Å²) in [5.74, 6) is 0.434. The monoisotopic (exact) mass is 138 g/mol. The zero-order valence-corrected chi connectivity index (χ0v) is 5.86. The minimum Gasteiger partial charge on any atom is -0.228 e. The van der Waals surface area contributed by atoms with E-state index in [2.05, 4.69) is 19.1 Å². The van der Waals surface area contributed by atoms with Gasteiger partial charge in [0.1, 0.15) is 12.2 Å².